The van der Waals surface area contributed by atoms with E-state index in [1.165, 1.54) is 21.9 Å². The van der Waals surface area contributed by atoms with Gasteiger partial charge in [0.25, 0.3) is 0 Å². The summed E-state index contributed by atoms with van der Waals surface area (Å²) in [5, 5.41) is 15.5. The van der Waals surface area contributed by atoms with Crippen LogP contribution in [-0.2, 0) is 9.31 Å². The number of halogens is 1. The second-order valence-corrected chi connectivity index (χ2v) is 31.0. The third-order valence-electron chi connectivity index (χ3n) is 22.4. The molecular formula is C108H86BClN10O2. The monoisotopic (exact) mass is 1600 g/mol. The van der Waals surface area contributed by atoms with Crippen LogP contribution in [0.3, 0.4) is 0 Å². The molecule has 14 heteroatoms. The van der Waals surface area contributed by atoms with Gasteiger partial charge in [-0.05, 0) is 101 Å². The maximum absolute atomic E-state index is 6.30. The van der Waals surface area contributed by atoms with E-state index < -0.39 is 7.12 Å². The molecule has 0 N–H and O–H groups in total. The summed E-state index contributed by atoms with van der Waals surface area (Å²) in [6, 6.07) is 138. The fourth-order valence-electron chi connectivity index (χ4n) is 15.6. The summed E-state index contributed by atoms with van der Waals surface area (Å²) in [4.78, 5) is 28.1. The van der Waals surface area contributed by atoms with Crippen molar-refractivity contribution in [1.82, 2.24) is 49.1 Å². The van der Waals surface area contributed by atoms with E-state index in [9.17, 15) is 0 Å². The molecule has 1 aliphatic rings. The van der Waals surface area contributed by atoms with Crippen LogP contribution < -0.4 is 5.46 Å². The third-order valence-corrected chi connectivity index (χ3v) is 22.6. The van der Waals surface area contributed by atoms with Crippen LogP contribution in [0.15, 0.2) is 400 Å². The van der Waals surface area contributed by atoms with Crippen molar-refractivity contribution in [2.24, 2.45) is 0 Å². The predicted octanol–water partition coefficient (Wildman–Crippen LogP) is 26.9. The zero-order chi connectivity index (χ0) is 81.1. The number of rotatable bonds is 14. The lowest BCUT2D eigenvalue weighted by Gasteiger charge is -2.32. The lowest BCUT2D eigenvalue weighted by atomic mass is 9.78. The van der Waals surface area contributed by atoms with Gasteiger partial charge in [0.15, 0.2) is 29.1 Å². The average molecular weight is 1600 g/mol. The van der Waals surface area contributed by atoms with Gasteiger partial charge in [0.2, 0.25) is 5.28 Å². The Morgan fingerprint density at radius 2 is 0.492 bits per heavy atom. The van der Waals surface area contributed by atoms with Gasteiger partial charge in [-0.3, -0.25) is 0 Å². The van der Waals surface area contributed by atoms with E-state index in [2.05, 4.69) is 343 Å². The van der Waals surface area contributed by atoms with Crippen molar-refractivity contribution in [3.63, 3.8) is 0 Å². The highest BCUT2D eigenvalue weighted by Crippen LogP contribution is 2.45. The molecule has 0 spiro atoms. The minimum Gasteiger partial charge on any atom is -0.399 e. The minimum absolute atomic E-state index is 0. The van der Waals surface area contributed by atoms with Crippen molar-refractivity contribution < 1.29 is 9.31 Å². The molecule has 1 fully saturated rings. The molecule has 0 aliphatic carbocycles. The van der Waals surface area contributed by atoms with Gasteiger partial charge in [-0.25, -0.2) is 29.0 Å². The predicted molar refractivity (Wildman–Crippen MR) is 503 cm³/mol. The third kappa shape index (κ3) is 16.1. The Bertz CT molecular complexity index is 7020. The van der Waals surface area contributed by atoms with Gasteiger partial charge in [0.05, 0.1) is 33.6 Å². The molecule has 0 saturated carbocycles. The lowest BCUT2D eigenvalue weighted by Crippen LogP contribution is -2.41. The number of hydrogen-bond acceptors (Lipinski definition) is 10. The van der Waals surface area contributed by atoms with Gasteiger partial charge in [-0.1, -0.05) is 403 Å². The number of fused-ring (bicyclic) bond motifs is 6. The Morgan fingerprint density at radius 1 is 0.254 bits per heavy atom. The van der Waals surface area contributed by atoms with Crippen molar-refractivity contribution in [3.05, 3.63) is 406 Å². The van der Waals surface area contributed by atoms with E-state index >= 15 is 0 Å². The Hall–Kier alpha value is -14.7. The number of hydrogen-bond donors (Lipinski definition) is 0. The number of pyridine rings is 2. The second kappa shape index (κ2) is 34.7. The highest BCUT2D eigenvalue weighted by atomic mass is 35.5. The fraction of sp³-hybridized carbons (Fsp3) is 0.0741. The Morgan fingerprint density at radius 3 is 0.820 bits per heavy atom. The van der Waals surface area contributed by atoms with Crippen LogP contribution in [-0.4, -0.2) is 67.5 Å². The molecule has 122 heavy (non-hydrogen) atoms. The molecule has 590 valence electrons. The summed E-state index contributed by atoms with van der Waals surface area (Å²) in [5.41, 5.74) is 24.4. The SMILES string of the molecule is C.C.CC1(C)OB(c2ccc(-c3cc4ccccc4c4c(-c5ccccc5)c(-c5ccccc5)nn34)cc2)OC1(C)C.Clc1nc(-c2ccccc2)nc(-c2ccc(-c3ccccc3)cc2)n1.c1ccc(-c2ccc(-c3nc(-c4ccccc4)nc(-c4ccc(-c5cc6ccccc6c6c(-c7ccccc7)c(-c7ccccc7)nn56)cc4)n3)cc2)cc1. The quantitative estimate of drug-likeness (QED) is 0.0970. The van der Waals surface area contributed by atoms with Crippen LogP contribution in [0, 0.1) is 0 Å². The molecule has 21 rings (SSSR count). The Balaban J connectivity index is 0.000000138. The molecule has 0 unspecified atom stereocenters. The van der Waals surface area contributed by atoms with E-state index in [0.717, 1.165) is 133 Å². The maximum atomic E-state index is 6.30. The molecule has 14 aromatic carbocycles. The summed E-state index contributed by atoms with van der Waals surface area (Å²) >= 11 is 6.11. The lowest BCUT2D eigenvalue weighted by molar-refractivity contribution is 0.00578. The standard InChI is InChI=1S/C50H33N5.C35H31BN2O2.C21H14ClN3.2CH4/c1-5-15-34(16-6-1)35-25-29-40(30-26-35)49-51-48(39-21-11-4-12-22-39)52-50(53-49)41-31-27-36(28-32-41)44-33-42-23-13-14-24-43(42)47-45(37-17-7-2-8-18-37)46(54-55(44)47)38-19-9-3-10-20-38;1-34(2)35(3,4)40-36(39-34)28-21-19-24(20-22-28)30-23-27-17-11-12-18-29(27)33-31(25-13-7-5-8-14-25)32(37-38(30)33)26-15-9-6-10-16-26;22-21-24-19(17-9-5-2-6-10-17)23-20(25-21)18-13-11-16(12-14-18)15-7-3-1-4-8-15;;/h1-33H;5-23H,1-4H3;1-14H;2*1H4. The zero-order valence-corrected chi connectivity index (χ0v) is 67.1. The summed E-state index contributed by atoms with van der Waals surface area (Å²) in [6.07, 6.45) is 0. The molecule has 0 atom stereocenters. The highest BCUT2D eigenvalue weighted by Gasteiger charge is 2.51. The summed E-state index contributed by atoms with van der Waals surface area (Å²) in [7, 11) is -0.394. The van der Waals surface area contributed by atoms with Crippen molar-refractivity contribution in [2.45, 2.75) is 53.8 Å². The van der Waals surface area contributed by atoms with E-state index in [4.69, 9.17) is 46.1 Å². The van der Waals surface area contributed by atoms with Gasteiger partial charge in [0, 0.05) is 72.0 Å². The van der Waals surface area contributed by atoms with E-state index in [-0.39, 0.29) is 31.3 Å². The van der Waals surface area contributed by atoms with E-state index in [1.807, 2.05) is 109 Å². The van der Waals surface area contributed by atoms with E-state index in [0.29, 0.717) is 29.1 Å². The molecule has 20 aromatic rings. The van der Waals surface area contributed by atoms with Gasteiger partial charge in [0.1, 0.15) is 11.4 Å². The first-order chi connectivity index (χ1) is 58.9. The second-order valence-electron chi connectivity index (χ2n) is 30.6. The van der Waals surface area contributed by atoms with Crippen LogP contribution in [0.2, 0.25) is 5.28 Å². The van der Waals surface area contributed by atoms with Gasteiger partial charge in [-0.2, -0.15) is 20.2 Å². The van der Waals surface area contributed by atoms with Crippen molar-refractivity contribution >= 4 is 56.8 Å². The largest absolute Gasteiger partial charge is 0.494 e. The van der Waals surface area contributed by atoms with Gasteiger partial charge in [-0.15, -0.1) is 0 Å². The molecule has 7 heterocycles. The molecule has 0 amide bonds. The van der Waals surface area contributed by atoms with Crippen LogP contribution in [0.25, 0.3) is 179 Å². The normalized spacial score (nSPS) is 12.5. The van der Waals surface area contributed by atoms with Crippen molar-refractivity contribution in [3.8, 4) is 146 Å². The average Bonchev–Trinajstić information content (AvgIpc) is 1.57. The molecule has 6 aromatic heterocycles. The maximum Gasteiger partial charge on any atom is 0.494 e. The molecule has 0 bridgehead atoms. The number of nitrogens with zero attached hydrogens (tertiary/aromatic N) is 10. The van der Waals surface area contributed by atoms with Crippen LogP contribution >= 0.6 is 11.6 Å². The molecule has 1 aliphatic heterocycles. The zero-order valence-electron chi connectivity index (χ0n) is 66.3. The summed E-state index contributed by atoms with van der Waals surface area (Å²) in [5.74, 6) is 3.01. The van der Waals surface area contributed by atoms with Crippen molar-refractivity contribution in [1.29, 1.82) is 0 Å². The molecule has 0 radical (unpaired) electrons. The van der Waals surface area contributed by atoms with E-state index in [1.54, 1.807) is 0 Å². The summed E-state index contributed by atoms with van der Waals surface area (Å²) in [6.45, 7) is 8.33. The van der Waals surface area contributed by atoms with Crippen LogP contribution in [0.5, 0.6) is 0 Å². The van der Waals surface area contributed by atoms with Crippen LogP contribution in [0.4, 0.5) is 0 Å². The first kappa shape index (κ1) is 79.7. The minimum atomic E-state index is -0.394. The Kier molecular flexibility index (Phi) is 22.7. The number of benzene rings is 14. The summed E-state index contributed by atoms with van der Waals surface area (Å²) < 4.78 is 16.8. The first-order valence-corrected chi connectivity index (χ1v) is 40.5. The topological polar surface area (TPSA) is 130 Å². The fourth-order valence-corrected chi connectivity index (χ4v) is 15.7. The molecular weight excluding hydrogens is 1520 g/mol. The van der Waals surface area contributed by atoms with Crippen LogP contribution in [0.1, 0.15) is 42.5 Å². The molecule has 12 nitrogen and oxygen atoms in total. The number of aromatic nitrogens is 10. The molecule has 1 saturated heterocycles. The van der Waals surface area contributed by atoms with Gasteiger partial charge >= 0.3 is 7.12 Å². The first-order valence-electron chi connectivity index (χ1n) is 40.2. The smallest absolute Gasteiger partial charge is 0.399 e. The highest BCUT2D eigenvalue weighted by molar-refractivity contribution is 6.62. The van der Waals surface area contributed by atoms with Gasteiger partial charge < -0.3 is 9.31 Å². The van der Waals surface area contributed by atoms with Crippen molar-refractivity contribution in [2.75, 3.05) is 0 Å². The Labute approximate surface area is 716 Å².